The first-order chi connectivity index (χ1) is 28.1. The van der Waals surface area contributed by atoms with Gasteiger partial charge in [0.05, 0.1) is 34.4 Å². The molecule has 2 atom stereocenters. The normalized spacial score (nSPS) is 12.9. The minimum Gasteiger partial charge on any atom is -0.477 e. The van der Waals surface area contributed by atoms with Gasteiger partial charge in [-0.1, -0.05) is 193 Å². The van der Waals surface area contributed by atoms with Crippen LogP contribution in [0.4, 0.5) is 0 Å². The van der Waals surface area contributed by atoms with Gasteiger partial charge in [-0.05, 0) is 32.1 Å². The van der Waals surface area contributed by atoms with Crippen molar-refractivity contribution in [3.8, 4) is 0 Å². The van der Waals surface area contributed by atoms with E-state index >= 15 is 0 Å². The molecule has 58 heavy (non-hydrogen) atoms. The molecule has 0 heterocycles. The molecule has 2 unspecified atom stereocenters. The molecule has 0 bridgehead atoms. The highest BCUT2D eigenvalue weighted by atomic mass is 16.7. The second-order valence-corrected chi connectivity index (χ2v) is 17.8. The number of aliphatic carboxylic acids is 1. The maximum Gasteiger partial charge on any atom is 0.361 e. The van der Waals surface area contributed by atoms with E-state index in [-0.39, 0.29) is 32.2 Å². The SMILES string of the molecule is CCCC/C=C\CCCCCCCC(=O)OC(COC(=O)CCCCCCCCCCCCCCCCCCCCCCCC)COC(OCC[N+](C)(C)C)C(=O)O. The molecule has 1 N–H and O–H groups in total. The Bertz CT molecular complexity index is 965. The zero-order valence-corrected chi connectivity index (χ0v) is 38.7. The molecule has 9 nitrogen and oxygen atoms in total. The van der Waals surface area contributed by atoms with Crippen molar-refractivity contribution in [2.24, 2.45) is 0 Å². The third kappa shape index (κ3) is 42.2. The van der Waals surface area contributed by atoms with Crippen LogP contribution in [0.25, 0.3) is 0 Å². The average molecular weight is 825 g/mol. The van der Waals surface area contributed by atoms with Crippen LogP contribution in [0.1, 0.15) is 226 Å². The third-order valence-electron chi connectivity index (χ3n) is 10.8. The maximum absolute atomic E-state index is 12.7. The quantitative estimate of drug-likeness (QED) is 0.0213. The summed E-state index contributed by atoms with van der Waals surface area (Å²) >= 11 is 0. The molecule has 0 rings (SSSR count). The summed E-state index contributed by atoms with van der Waals surface area (Å²) in [5, 5.41) is 9.63. The molecule has 0 aromatic carbocycles. The van der Waals surface area contributed by atoms with Crippen LogP contribution in [0.3, 0.4) is 0 Å². The van der Waals surface area contributed by atoms with Crippen LogP contribution in [-0.2, 0) is 33.3 Å². The fourth-order valence-electron chi connectivity index (χ4n) is 6.94. The number of quaternary nitrogens is 1. The summed E-state index contributed by atoms with van der Waals surface area (Å²) in [7, 11) is 5.96. The second-order valence-electron chi connectivity index (χ2n) is 17.8. The van der Waals surface area contributed by atoms with Crippen LogP contribution < -0.4 is 0 Å². The first-order valence-corrected chi connectivity index (χ1v) is 24.4. The Morgan fingerprint density at radius 2 is 0.897 bits per heavy atom. The van der Waals surface area contributed by atoms with Crippen molar-refractivity contribution in [1.29, 1.82) is 0 Å². The number of unbranched alkanes of at least 4 members (excludes halogenated alkanes) is 28. The van der Waals surface area contributed by atoms with E-state index in [1.807, 2.05) is 21.1 Å². The highest BCUT2D eigenvalue weighted by Crippen LogP contribution is 2.16. The van der Waals surface area contributed by atoms with Gasteiger partial charge in [0, 0.05) is 12.8 Å². The first-order valence-electron chi connectivity index (χ1n) is 24.4. The lowest BCUT2D eigenvalue weighted by molar-refractivity contribution is -0.870. The largest absolute Gasteiger partial charge is 0.477 e. The van der Waals surface area contributed by atoms with Crippen LogP contribution >= 0.6 is 0 Å². The lowest BCUT2D eigenvalue weighted by atomic mass is 10.0. The standard InChI is InChI=1S/C49H93NO8/c1-6-8-10-12-14-16-18-19-20-21-22-23-24-25-26-27-28-30-31-33-35-37-39-46(51)56-43-45(44-57-49(48(53)54)55-42-41-50(3,4)5)58-47(52)40-38-36-34-32-29-17-15-13-11-9-7-2/h13,15,45,49H,6-12,14,16-44H2,1-5H3/p+1/b15-13-. The Hall–Kier alpha value is -1.97. The molecule has 0 aliphatic carbocycles. The van der Waals surface area contributed by atoms with Crippen molar-refractivity contribution >= 4 is 17.9 Å². The molecule has 0 saturated carbocycles. The highest BCUT2D eigenvalue weighted by Gasteiger charge is 2.25. The van der Waals surface area contributed by atoms with Crippen molar-refractivity contribution in [2.45, 2.75) is 238 Å². The predicted molar refractivity (Wildman–Crippen MR) is 240 cm³/mol. The monoisotopic (exact) mass is 825 g/mol. The molecule has 0 aliphatic heterocycles. The summed E-state index contributed by atoms with van der Waals surface area (Å²) < 4.78 is 22.7. The number of hydrogen-bond donors (Lipinski definition) is 1. The van der Waals surface area contributed by atoms with Crippen LogP contribution in [0.2, 0.25) is 0 Å². The smallest absolute Gasteiger partial charge is 0.361 e. The molecular weight excluding hydrogens is 731 g/mol. The number of allylic oxidation sites excluding steroid dienone is 2. The molecule has 0 aromatic heterocycles. The van der Waals surface area contributed by atoms with Gasteiger partial charge in [-0.2, -0.15) is 0 Å². The van der Waals surface area contributed by atoms with Crippen LogP contribution in [0, 0.1) is 0 Å². The van der Waals surface area contributed by atoms with E-state index in [1.165, 1.54) is 135 Å². The van der Waals surface area contributed by atoms with Crippen LogP contribution in [0.5, 0.6) is 0 Å². The Kier molecular flexibility index (Phi) is 40.3. The van der Waals surface area contributed by atoms with Gasteiger partial charge >= 0.3 is 17.9 Å². The Morgan fingerprint density at radius 1 is 0.500 bits per heavy atom. The van der Waals surface area contributed by atoms with E-state index in [0.29, 0.717) is 23.9 Å². The molecule has 0 radical (unpaired) electrons. The summed E-state index contributed by atoms with van der Waals surface area (Å²) in [5.41, 5.74) is 0. The van der Waals surface area contributed by atoms with Crippen molar-refractivity contribution in [3.63, 3.8) is 0 Å². The maximum atomic E-state index is 12.7. The topological polar surface area (TPSA) is 108 Å². The highest BCUT2D eigenvalue weighted by molar-refractivity contribution is 5.71. The van der Waals surface area contributed by atoms with Gasteiger partial charge < -0.3 is 28.5 Å². The number of rotatable bonds is 45. The number of carboxylic acid groups (broad SMARTS) is 1. The molecule has 9 heteroatoms. The fraction of sp³-hybridized carbons (Fsp3) is 0.898. The zero-order chi connectivity index (χ0) is 42.8. The van der Waals surface area contributed by atoms with Crippen molar-refractivity contribution < 1.29 is 42.9 Å². The molecule has 0 aromatic rings. The Morgan fingerprint density at radius 3 is 1.33 bits per heavy atom. The molecule has 0 amide bonds. The van der Waals surface area contributed by atoms with Gasteiger partial charge in [0.2, 0.25) is 0 Å². The number of nitrogens with zero attached hydrogens (tertiary/aromatic N) is 1. The number of carbonyl (C=O) groups excluding carboxylic acids is 2. The van der Waals surface area contributed by atoms with E-state index in [0.717, 1.165) is 57.8 Å². The number of carbonyl (C=O) groups is 3. The van der Waals surface area contributed by atoms with E-state index < -0.39 is 24.3 Å². The van der Waals surface area contributed by atoms with E-state index in [9.17, 15) is 19.5 Å². The second kappa shape index (κ2) is 41.8. The number of esters is 2. The number of hydrogen-bond acceptors (Lipinski definition) is 7. The summed E-state index contributed by atoms with van der Waals surface area (Å²) in [5.74, 6) is -2.01. The van der Waals surface area contributed by atoms with E-state index in [2.05, 4.69) is 26.0 Å². The van der Waals surface area contributed by atoms with Crippen molar-refractivity contribution in [3.05, 3.63) is 12.2 Å². The minimum atomic E-state index is -1.51. The van der Waals surface area contributed by atoms with E-state index in [4.69, 9.17) is 18.9 Å². The summed E-state index contributed by atoms with van der Waals surface area (Å²) in [6.07, 6.45) is 41.4. The molecular formula is C49H94NO8+. The Labute approximate surface area is 357 Å². The predicted octanol–water partition coefficient (Wildman–Crippen LogP) is 13.1. The summed E-state index contributed by atoms with van der Waals surface area (Å²) in [4.78, 5) is 37.1. The lowest BCUT2D eigenvalue weighted by Crippen LogP contribution is -2.40. The summed E-state index contributed by atoms with van der Waals surface area (Å²) in [6, 6.07) is 0. The van der Waals surface area contributed by atoms with E-state index in [1.54, 1.807) is 0 Å². The van der Waals surface area contributed by atoms with Crippen molar-refractivity contribution in [1.82, 2.24) is 0 Å². The zero-order valence-electron chi connectivity index (χ0n) is 38.7. The number of carboxylic acids is 1. The van der Waals surface area contributed by atoms with Gasteiger partial charge in [0.1, 0.15) is 13.2 Å². The lowest BCUT2D eigenvalue weighted by Gasteiger charge is -2.25. The van der Waals surface area contributed by atoms with Gasteiger partial charge in [-0.15, -0.1) is 0 Å². The molecule has 0 aliphatic rings. The molecule has 342 valence electrons. The average Bonchev–Trinajstić information content (AvgIpc) is 3.18. The van der Waals surface area contributed by atoms with Crippen molar-refractivity contribution in [2.75, 3.05) is 47.5 Å². The first kappa shape index (κ1) is 56.0. The Balaban J connectivity index is 4.23. The fourth-order valence-corrected chi connectivity index (χ4v) is 6.94. The van der Waals surface area contributed by atoms with Crippen LogP contribution in [0.15, 0.2) is 12.2 Å². The van der Waals surface area contributed by atoms with Gasteiger partial charge in [0.15, 0.2) is 6.10 Å². The van der Waals surface area contributed by atoms with Gasteiger partial charge in [-0.25, -0.2) is 4.79 Å². The number of ether oxygens (including phenoxy) is 4. The van der Waals surface area contributed by atoms with Gasteiger partial charge in [-0.3, -0.25) is 9.59 Å². The molecule has 0 fully saturated rings. The minimum absolute atomic E-state index is 0.180. The molecule has 0 saturated heterocycles. The summed E-state index contributed by atoms with van der Waals surface area (Å²) in [6.45, 7) is 4.85. The van der Waals surface area contributed by atoms with Gasteiger partial charge in [0.25, 0.3) is 6.29 Å². The van der Waals surface area contributed by atoms with Crippen LogP contribution in [-0.4, -0.2) is 87.4 Å². The molecule has 0 spiro atoms. The third-order valence-corrected chi connectivity index (χ3v) is 10.8. The number of likely N-dealkylation sites (N-methyl/N-ethyl adjacent to an activating group) is 1.